The van der Waals surface area contributed by atoms with Crippen LogP contribution in [0, 0.1) is 5.41 Å². The summed E-state index contributed by atoms with van der Waals surface area (Å²) in [6.45, 7) is 1.75. The number of esters is 1. The van der Waals surface area contributed by atoms with E-state index in [1.54, 1.807) is 6.92 Å². The lowest BCUT2D eigenvalue weighted by atomic mass is 9.87. The van der Waals surface area contributed by atoms with E-state index in [0.717, 1.165) is 43.2 Å². The van der Waals surface area contributed by atoms with Crippen LogP contribution in [0.3, 0.4) is 0 Å². The SMILES string of the molecule is CCOP(=O)(CC1(C(=O)NC2CCc3ccccc3N(CC(=O)OCc3ccccc3)C2=O)CCCC1)Oc1ccc2c(c1)CCC2. The maximum atomic E-state index is 14.3. The van der Waals surface area contributed by atoms with E-state index < -0.39 is 25.0 Å². The molecule has 47 heavy (non-hydrogen) atoms. The molecule has 2 amide bonds. The maximum Gasteiger partial charge on any atom is 0.380 e. The van der Waals surface area contributed by atoms with Crippen molar-refractivity contribution in [2.45, 2.75) is 77.4 Å². The molecule has 1 saturated carbocycles. The highest BCUT2D eigenvalue weighted by Crippen LogP contribution is 2.56. The molecule has 1 heterocycles. The monoisotopic (exact) mass is 658 g/mol. The summed E-state index contributed by atoms with van der Waals surface area (Å²) < 4.78 is 31.7. The van der Waals surface area contributed by atoms with Crippen molar-refractivity contribution in [1.29, 1.82) is 0 Å². The van der Waals surface area contributed by atoms with Gasteiger partial charge in [-0.25, -0.2) is 4.57 Å². The Balaban J connectivity index is 1.19. The molecule has 0 saturated heterocycles. The lowest BCUT2D eigenvalue weighted by molar-refractivity contribution is -0.144. The molecule has 3 aromatic rings. The highest BCUT2D eigenvalue weighted by Gasteiger charge is 2.49. The van der Waals surface area contributed by atoms with Gasteiger partial charge in [-0.1, -0.05) is 67.4 Å². The first-order valence-electron chi connectivity index (χ1n) is 16.7. The number of benzene rings is 3. The van der Waals surface area contributed by atoms with E-state index in [1.165, 1.54) is 16.0 Å². The molecule has 10 heteroatoms. The Morgan fingerprint density at radius 3 is 2.45 bits per heavy atom. The van der Waals surface area contributed by atoms with Crippen molar-refractivity contribution in [1.82, 2.24) is 5.32 Å². The molecule has 0 spiro atoms. The van der Waals surface area contributed by atoms with Crippen LogP contribution in [0.15, 0.2) is 72.8 Å². The largest absolute Gasteiger partial charge is 0.459 e. The second-order valence-corrected chi connectivity index (χ2v) is 14.8. The Morgan fingerprint density at radius 2 is 1.66 bits per heavy atom. The normalized spacial score (nSPS) is 19.6. The van der Waals surface area contributed by atoms with Crippen LogP contribution in [0.5, 0.6) is 5.75 Å². The van der Waals surface area contributed by atoms with Gasteiger partial charge in [-0.05, 0) is 92.3 Å². The molecule has 0 radical (unpaired) electrons. The van der Waals surface area contributed by atoms with E-state index in [2.05, 4.69) is 5.32 Å². The molecule has 6 rings (SSSR count). The smallest absolute Gasteiger partial charge is 0.380 e. The van der Waals surface area contributed by atoms with Crippen molar-refractivity contribution in [2.75, 3.05) is 24.2 Å². The predicted octanol–water partition coefficient (Wildman–Crippen LogP) is 6.55. The fourth-order valence-corrected chi connectivity index (χ4v) is 9.42. The molecule has 3 aliphatic rings. The van der Waals surface area contributed by atoms with E-state index >= 15 is 0 Å². The molecule has 2 aliphatic carbocycles. The van der Waals surface area contributed by atoms with E-state index in [-0.39, 0.29) is 37.7 Å². The lowest BCUT2D eigenvalue weighted by Gasteiger charge is -2.33. The van der Waals surface area contributed by atoms with Crippen molar-refractivity contribution >= 4 is 31.1 Å². The van der Waals surface area contributed by atoms with Crippen LogP contribution in [-0.2, 0) is 54.1 Å². The van der Waals surface area contributed by atoms with Gasteiger partial charge >= 0.3 is 13.6 Å². The van der Waals surface area contributed by atoms with Gasteiger partial charge in [0.05, 0.1) is 18.2 Å². The van der Waals surface area contributed by atoms with Crippen molar-refractivity contribution in [3.8, 4) is 5.75 Å². The first kappa shape index (κ1) is 33.0. The minimum atomic E-state index is -3.74. The molecule has 1 N–H and O–H groups in total. The summed E-state index contributed by atoms with van der Waals surface area (Å²) >= 11 is 0. The van der Waals surface area contributed by atoms with Gasteiger partial charge in [0.15, 0.2) is 0 Å². The van der Waals surface area contributed by atoms with Crippen LogP contribution < -0.4 is 14.7 Å². The number of nitrogens with one attached hydrogen (secondary N) is 1. The van der Waals surface area contributed by atoms with Crippen molar-refractivity contribution in [3.05, 3.63) is 95.1 Å². The number of carbonyl (C=O) groups is 3. The third kappa shape index (κ3) is 7.63. The summed E-state index contributed by atoms with van der Waals surface area (Å²) in [5.74, 6) is -0.765. The van der Waals surface area contributed by atoms with Crippen molar-refractivity contribution in [3.63, 3.8) is 0 Å². The number of hydrogen-bond donors (Lipinski definition) is 1. The molecule has 2 atom stereocenters. The van der Waals surface area contributed by atoms with Gasteiger partial charge in [0.1, 0.15) is 24.9 Å². The van der Waals surface area contributed by atoms with E-state index in [0.29, 0.717) is 37.1 Å². The number of nitrogens with zero attached hydrogens (tertiary/aromatic N) is 1. The van der Waals surface area contributed by atoms with Gasteiger partial charge in [-0.3, -0.25) is 19.3 Å². The molecule has 0 bridgehead atoms. The van der Waals surface area contributed by atoms with E-state index in [9.17, 15) is 18.9 Å². The summed E-state index contributed by atoms with van der Waals surface area (Å²) in [4.78, 5) is 42.8. The summed E-state index contributed by atoms with van der Waals surface area (Å²) in [6, 6.07) is 21.7. The summed E-state index contributed by atoms with van der Waals surface area (Å²) in [6.07, 6.45) is 6.51. The molecular formula is C37H43N2O7P. The summed E-state index contributed by atoms with van der Waals surface area (Å²) in [5.41, 5.74) is 3.85. The minimum absolute atomic E-state index is 0.0760. The second kappa shape index (κ2) is 14.4. The zero-order chi connectivity index (χ0) is 32.9. The lowest BCUT2D eigenvalue weighted by Crippen LogP contribution is -2.53. The Morgan fingerprint density at radius 1 is 0.915 bits per heavy atom. The number of hydrogen-bond acceptors (Lipinski definition) is 7. The van der Waals surface area contributed by atoms with Crippen molar-refractivity contribution < 1.29 is 32.7 Å². The molecule has 248 valence electrons. The average molecular weight is 659 g/mol. The van der Waals surface area contributed by atoms with Gasteiger partial charge in [-0.15, -0.1) is 0 Å². The number of para-hydroxylation sites is 1. The standard InChI is InChI=1S/C37H43N2O7P/c1-2-45-47(43,46-31-19-17-28-14-10-15-30(28)23-31)26-37(21-8-9-22-37)36(42)38-32-20-18-29-13-6-7-16-33(29)39(35(32)41)24-34(40)44-25-27-11-4-3-5-12-27/h3-7,11-13,16-17,19,23,32H,2,8-10,14-15,18,20-22,24-26H2,1H3,(H,38,42). The van der Waals surface area contributed by atoms with Gasteiger partial charge in [-0.2, -0.15) is 0 Å². The topological polar surface area (TPSA) is 111 Å². The molecule has 0 aromatic heterocycles. The third-order valence-electron chi connectivity index (χ3n) is 9.56. The number of amides is 2. The zero-order valence-electron chi connectivity index (χ0n) is 27.0. The van der Waals surface area contributed by atoms with Crippen molar-refractivity contribution in [2.24, 2.45) is 5.41 Å². The fraction of sp³-hybridized carbons (Fsp3) is 0.432. The molecule has 9 nitrogen and oxygen atoms in total. The van der Waals surface area contributed by atoms with E-state index in [1.807, 2.05) is 72.8 Å². The summed E-state index contributed by atoms with van der Waals surface area (Å²) in [7, 11) is -3.74. The van der Waals surface area contributed by atoms with Crippen LogP contribution in [-0.4, -0.2) is 43.1 Å². The van der Waals surface area contributed by atoms with Crippen LogP contribution >= 0.6 is 7.60 Å². The number of carbonyl (C=O) groups excluding carboxylic acids is 3. The fourth-order valence-electron chi connectivity index (χ4n) is 7.18. The number of rotatable bonds is 12. The average Bonchev–Trinajstić information content (AvgIpc) is 3.72. The van der Waals surface area contributed by atoms with Crippen LogP contribution in [0.1, 0.15) is 67.7 Å². The Hall–Kier alpha value is -3.94. The Labute approximate surface area is 276 Å². The summed E-state index contributed by atoms with van der Waals surface area (Å²) in [5, 5.41) is 3.04. The van der Waals surface area contributed by atoms with Crippen LogP contribution in [0.4, 0.5) is 5.69 Å². The van der Waals surface area contributed by atoms with Gasteiger partial charge < -0.3 is 19.1 Å². The Kier molecular flexibility index (Phi) is 10.1. The molecule has 1 fully saturated rings. The molecule has 1 aliphatic heterocycles. The molecule has 2 unspecified atom stereocenters. The number of aryl methyl sites for hydroxylation is 3. The quantitative estimate of drug-likeness (QED) is 0.174. The second-order valence-electron chi connectivity index (χ2n) is 12.8. The minimum Gasteiger partial charge on any atom is -0.459 e. The highest BCUT2D eigenvalue weighted by atomic mass is 31.2. The van der Waals surface area contributed by atoms with E-state index in [4.69, 9.17) is 13.8 Å². The van der Waals surface area contributed by atoms with Crippen LogP contribution in [0.2, 0.25) is 0 Å². The maximum absolute atomic E-state index is 14.3. The predicted molar refractivity (Wildman–Crippen MR) is 179 cm³/mol. The zero-order valence-corrected chi connectivity index (χ0v) is 27.8. The first-order valence-corrected chi connectivity index (χ1v) is 18.5. The Bertz CT molecular complexity index is 1650. The molecular weight excluding hydrogens is 615 g/mol. The molecule has 3 aromatic carbocycles. The third-order valence-corrected chi connectivity index (χ3v) is 11.7. The first-order chi connectivity index (χ1) is 22.8. The highest BCUT2D eigenvalue weighted by molar-refractivity contribution is 7.54. The van der Waals surface area contributed by atoms with Gasteiger partial charge in [0, 0.05) is 5.69 Å². The van der Waals surface area contributed by atoms with Crippen LogP contribution in [0.25, 0.3) is 0 Å². The number of anilines is 1. The van der Waals surface area contributed by atoms with Gasteiger partial charge in [0.2, 0.25) is 11.8 Å². The number of fused-ring (bicyclic) bond motifs is 2. The van der Waals surface area contributed by atoms with Gasteiger partial charge in [0.25, 0.3) is 0 Å². The number of ether oxygens (including phenoxy) is 1.